The number of rotatable bonds is 92. The molecule has 3 unspecified atom stereocenters. The van der Waals surface area contributed by atoms with E-state index in [9.17, 15) is 43.2 Å². The molecule has 0 saturated carbocycles. The number of phosphoric acid groups is 2. The predicted molar refractivity (Wildman–Crippen MR) is 465 cm³/mol. The predicted octanol–water partition coefficient (Wildman–Crippen LogP) is 29.0. The summed E-state index contributed by atoms with van der Waals surface area (Å²) in [5.41, 5.74) is 0. The number of aliphatic hydroxyl groups excluding tert-OH is 1. The zero-order valence-electron chi connectivity index (χ0n) is 74.0. The lowest BCUT2D eigenvalue weighted by molar-refractivity contribution is -0.161. The highest BCUT2D eigenvalue weighted by atomic mass is 31.2. The van der Waals surface area contributed by atoms with E-state index < -0.39 is 97.5 Å². The molecule has 0 aromatic heterocycles. The Bertz CT molecular complexity index is 2130. The fraction of sp³-hybridized carbons (Fsp3) is 0.957. The topological polar surface area (TPSA) is 237 Å². The molecule has 0 aromatic carbocycles. The number of ether oxygens (including phenoxy) is 4. The van der Waals surface area contributed by atoms with Crippen LogP contribution in [0.1, 0.15) is 504 Å². The maximum absolute atomic E-state index is 13.2. The van der Waals surface area contributed by atoms with Gasteiger partial charge < -0.3 is 33.8 Å². The largest absolute Gasteiger partial charge is 0.472 e. The fourth-order valence-electron chi connectivity index (χ4n) is 14.6. The summed E-state index contributed by atoms with van der Waals surface area (Å²) in [4.78, 5) is 73.3. The maximum atomic E-state index is 13.2. The Kier molecular flexibility index (Phi) is 82.6. The summed E-state index contributed by atoms with van der Waals surface area (Å²) in [5, 5.41) is 10.7. The van der Waals surface area contributed by atoms with E-state index in [0.717, 1.165) is 102 Å². The molecule has 0 rings (SSSR count). The van der Waals surface area contributed by atoms with Gasteiger partial charge in [-0.25, -0.2) is 9.13 Å². The summed E-state index contributed by atoms with van der Waals surface area (Å²) >= 11 is 0. The van der Waals surface area contributed by atoms with Crippen molar-refractivity contribution in [3.63, 3.8) is 0 Å². The lowest BCUT2D eigenvalue weighted by Gasteiger charge is -2.21. The molecule has 112 heavy (non-hydrogen) atoms. The standard InChI is InChI=1S/C93H182O17P2/c1-7-10-12-14-16-18-19-20-21-22-23-24-25-33-38-43-48-53-59-65-71-77-92(97)109-88(81-103-90(95)75-69-63-57-17-15-13-11-8-2)83-107-111(99,100)105-79-87(94)80-106-112(101,102)108-84-89(82-104-91(96)76-70-64-58-52-47-42-37-32-28-26-30-35-40-45-50-55-61-67-73-85(4)5)110-93(98)78-72-66-60-54-49-44-39-34-29-27-31-36-41-46-51-56-62-68-74-86(6)9-3/h85-89,94H,7-84H2,1-6H3,(H,99,100)(H,101,102)/t86?,87-,88+,89+/m0/s1. The van der Waals surface area contributed by atoms with Crippen molar-refractivity contribution in [2.75, 3.05) is 39.6 Å². The second-order valence-electron chi connectivity index (χ2n) is 34.1. The number of aliphatic hydroxyl groups is 1. The van der Waals surface area contributed by atoms with Gasteiger partial charge in [0.15, 0.2) is 12.2 Å². The molecule has 0 heterocycles. The molecule has 0 aliphatic heterocycles. The summed E-state index contributed by atoms with van der Waals surface area (Å²) < 4.78 is 69.0. The molecule has 0 aromatic rings. The molecule has 0 saturated heterocycles. The fourth-order valence-corrected chi connectivity index (χ4v) is 16.2. The van der Waals surface area contributed by atoms with E-state index in [0.29, 0.717) is 25.7 Å². The van der Waals surface area contributed by atoms with Crippen LogP contribution in [0.5, 0.6) is 0 Å². The molecule has 19 heteroatoms. The van der Waals surface area contributed by atoms with Crippen LogP contribution in [0.2, 0.25) is 0 Å². The van der Waals surface area contributed by atoms with Crippen molar-refractivity contribution in [3.8, 4) is 0 Å². The van der Waals surface area contributed by atoms with Gasteiger partial charge in [-0.3, -0.25) is 37.3 Å². The molecule has 6 atom stereocenters. The minimum absolute atomic E-state index is 0.109. The summed E-state index contributed by atoms with van der Waals surface area (Å²) in [6, 6.07) is 0. The van der Waals surface area contributed by atoms with Crippen molar-refractivity contribution in [1.82, 2.24) is 0 Å². The minimum atomic E-state index is -4.97. The Morgan fingerprint density at radius 2 is 0.455 bits per heavy atom. The maximum Gasteiger partial charge on any atom is 0.472 e. The number of phosphoric ester groups is 2. The van der Waals surface area contributed by atoms with Gasteiger partial charge in [0.05, 0.1) is 26.4 Å². The molecule has 0 spiro atoms. The monoisotopic (exact) mass is 1630 g/mol. The van der Waals surface area contributed by atoms with Crippen molar-refractivity contribution in [2.45, 2.75) is 522 Å². The van der Waals surface area contributed by atoms with E-state index >= 15 is 0 Å². The van der Waals surface area contributed by atoms with E-state index in [1.54, 1.807) is 0 Å². The van der Waals surface area contributed by atoms with Gasteiger partial charge in [0.2, 0.25) is 0 Å². The van der Waals surface area contributed by atoms with Crippen molar-refractivity contribution < 1.29 is 80.2 Å². The molecule has 0 bridgehead atoms. The first-order valence-electron chi connectivity index (χ1n) is 48.0. The Morgan fingerprint density at radius 3 is 0.679 bits per heavy atom. The Labute approximate surface area is 689 Å². The molecule has 0 radical (unpaired) electrons. The average molecular weight is 1630 g/mol. The summed E-state index contributed by atoms with van der Waals surface area (Å²) in [6.07, 6.45) is 79.4. The molecule has 0 aliphatic carbocycles. The van der Waals surface area contributed by atoms with E-state index in [1.807, 2.05) is 0 Å². The third-order valence-electron chi connectivity index (χ3n) is 22.3. The van der Waals surface area contributed by atoms with Crippen LogP contribution < -0.4 is 0 Å². The molecule has 3 N–H and O–H groups in total. The van der Waals surface area contributed by atoms with Crippen molar-refractivity contribution >= 4 is 39.5 Å². The average Bonchev–Trinajstić information content (AvgIpc) is 0.897. The van der Waals surface area contributed by atoms with Gasteiger partial charge in [0.1, 0.15) is 19.3 Å². The second-order valence-corrected chi connectivity index (χ2v) is 37.0. The summed E-state index contributed by atoms with van der Waals surface area (Å²) in [7, 11) is -9.93. The van der Waals surface area contributed by atoms with E-state index in [4.69, 9.17) is 37.0 Å². The lowest BCUT2D eigenvalue weighted by atomic mass is 9.99. The van der Waals surface area contributed by atoms with Gasteiger partial charge in [0.25, 0.3) is 0 Å². The number of esters is 4. The van der Waals surface area contributed by atoms with Crippen LogP contribution in [0, 0.1) is 11.8 Å². The first-order chi connectivity index (χ1) is 54.4. The SMILES string of the molecule is CCCCCCCCCCCCCCCCCCCCCCCC(=O)O[C@H](COC(=O)CCCCCCCCCC)COP(=O)(O)OC[C@H](O)COP(=O)(O)OC[C@@H](COC(=O)CCCCCCCCCCCCCCCCCCCCC(C)C)OC(=O)CCCCCCCCCCCCCCCCCCCCC(C)CC. The first kappa shape index (κ1) is 110. The molecule has 666 valence electrons. The van der Waals surface area contributed by atoms with Crippen LogP contribution in [0.15, 0.2) is 0 Å². The zero-order valence-corrected chi connectivity index (χ0v) is 75.8. The molecular weight excluding hydrogens is 1450 g/mol. The molecule has 0 aliphatic rings. The Balaban J connectivity index is 5.16. The van der Waals surface area contributed by atoms with Gasteiger partial charge in [-0.2, -0.15) is 0 Å². The molecule has 0 fully saturated rings. The van der Waals surface area contributed by atoms with Gasteiger partial charge >= 0.3 is 39.5 Å². The van der Waals surface area contributed by atoms with Crippen molar-refractivity contribution in [2.24, 2.45) is 11.8 Å². The number of hydrogen-bond donors (Lipinski definition) is 3. The third-order valence-corrected chi connectivity index (χ3v) is 24.2. The molecular formula is C93H182O17P2. The van der Waals surface area contributed by atoms with Crippen LogP contribution in [0.25, 0.3) is 0 Å². The van der Waals surface area contributed by atoms with Crippen LogP contribution in [-0.4, -0.2) is 96.7 Å². The highest BCUT2D eigenvalue weighted by molar-refractivity contribution is 7.47. The zero-order chi connectivity index (χ0) is 82.0. The number of unbranched alkanes of at least 4 members (excludes halogenated alkanes) is 61. The van der Waals surface area contributed by atoms with Crippen LogP contribution in [-0.2, 0) is 65.4 Å². The first-order valence-corrected chi connectivity index (χ1v) is 51.0. The van der Waals surface area contributed by atoms with Crippen LogP contribution in [0.3, 0.4) is 0 Å². The number of carbonyl (C=O) groups is 4. The van der Waals surface area contributed by atoms with Gasteiger partial charge in [-0.05, 0) is 37.5 Å². The van der Waals surface area contributed by atoms with E-state index in [1.165, 1.54) is 321 Å². The lowest BCUT2D eigenvalue weighted by Crippen LogP contribution is -2.30. The normalized spacial score (nSPS) is 13.9. The number of hydrogen-bond acceptors (Lipinski definition) is 15. The van der Waals surface area contributed by atoms with Gasteiger partial charge in [0, 0.05) is 25.7 Å². The summed E-state index contributed by atoms with van der Waals surface area (Å²) in [5.74, 6) is -0.403. The summed E-state index contributed by atoms with van der Waals surface area (Å²) in [6.45, 7) is 9.79. The quantitative estimate of drug-likeness (QED) is 0.0222. The van der Waals surface area contributed by atoms with E-state index in [-0.39, 0.29) is 25.7 Å². The third kappa shape index (κ3) is 84.5. The second kappa shape index (κ2) is 84.1. The molecule has 17 nitrogen and oxygen atoms in total. The van der Waals surface area contributed by atoms with Crippen LogP contribution in [0.4, 0.5) is 0 Å². The minimum Gasteiger partial charge on any atom is -0.462 e. The van der Waals surface area contributed by atoms with Crippen LogP contribution >= 0.6 is 15.6 Å². The highest BCUT2D eigenvalue weighted by Gasteiger charge is 2.31. The van der Waals surface area contributed by atoms with Gasteiger partial charge in [-0.1, -0.05) is 452 Å². The highest BCUT2D eigenvalue weighted by Crippen LogP contribution is 2.45. The smallest absolute Gasteiger partial charge is 0.462 e. The Morgan fingerprint density at radius 1 is 0.259 bits per heavy atom. The molecule has 0 amide bonds. The van der Waals surface area contributed by atoms with Crippen molar-refractivity contribution in [3.05, 3.63) is 0 Å². The van der Waals surface area contributed by atoms with Gasteiger partial charge in [-0.15, -0.1) is 0 Å². The number of carbonyl (C=O) groups excluding carboxylic acids is 4. The van der Waals surface area contributed by atoms with E-state index in [2.05, 4.69) is 41.5 Å². The van der Waals surface area contributed by atoms with Crippen molar-refractivity contribution in [1.29, 1.82) is 0 Å². The Hall–Kier alpha value is -1.94.